The van der Waals surface area contributed by atoms with Crippen LogP contribution in [-0.4, -0.2) is 42.1 Å². The van der Waals surface area contributed by atoms with Crippen molar-refractivity contribution in [3.63, 3.8) is 0 Å². The normalized spacial score (nSPS) is 14.1. The van der Waals surface area contributed by atoms with Gasteiger partial charge in [-0.25, -0.2) is 8.42 Å². The van der Waals surface area contributed by atoms with E-state index >= 15 is 0 Å². The summed E-state index contributed by atoms with van der Waals surface area (Å²) < 4.78 is 26.4. The summed E-state index contributed by atoms with van der Waals surface area (Å²) in [5, 5.41) is 6.70. The third kappa shape index (κ3) is 3.23. The van der Waals surface area contributed by atoms with E-state index in [0.29, 0.717) is 36.4 Å². The molecule has 1 aliphatic rings. The first-order valence-electron chi connectivity index (χ1n) is 8.70. The van der Waals surface area contributed by atoms with Crippen LogP contribution in [0.15, 0.2) is 33.2 Å². The maximum Gasteiger partial charge on any atom is 0.277 e. The zero-order valence-corrected chi connectivity index (χ0v) is 16.2. The lowest BCUT2D eigenvalue weighted by Gasteiger charge is -2.14. The smallest absolute Gasteiger partial charge is 0.277 e. The fourth-order valence-corrected chi connectivity index (χ4v) is 4.31. The van der Waals surface area contributed by atoms with Crippen LogP contribution in [0.1, 0.15) is 47.3 Å². The SMILES string of the molecule is CCn1[nH]cc(C(=O)c2ccc(S(=O)(=O)CC)c(C3=NOCC3)c2C)c1=O. The maximum atomic E-state index is 13.0. The van der Waals surface area contributed by atoms with Gasteiger partial charge in [0.2, 0.25) is 0 Å². The molecule has 144 valence electrons. The summed E-state index contributed by atoms with van der Waals surface area (Å²) in [4.78, 5) is 30.4. The molecule has 0 atom stereocenters. The quantitative estimate of drug-likeness (QED) is 0.753. The number of carbonyl (C=O) groups excluding carboxylic acids is 1. The van der Waals surface area contributed by atoms with Crippen molar-refractivity contribution in [2.75, 3.05) is 12.4 Å². The predicted octanol–water partition coefficient (Wildman–Crippen LogP) is 1.65. The van der Waals surface area contributed by atoms with Gasteiger partial charge in [0.25, 0.3) is 5.56 Å². The number of rotatable bonds is 6. The topological polar surface area (TPSA) is 111 Å². The molecule has 0 radical (unpaired) electrons. The van der Waals surface area contributed by atoms with E-state index in [9.17, 15) is 18.0 Å². The summed E-state index contributed by atoms with van der Waals surface area (Å²) in [6.45, 7) is 5.80. The summed E-state index contributed by atoms with van der Waals surface area (Å²) in [7, 11) is -3.52. The highest BCUT2D eigenvalue weighted by Gasteiger charge is 2.28. The molecule has 0 saturated carbocycles. The zero-order valence-electron chi connectivity index (χ0n) is 15.4. The number of benzene rings is 1. The van der Waals surface area contributed by atoms with Crippen LogP contribution >= 0.6 is 0 Å². The van der Waals surface area contributed by atoms with Crippen LogP contribution in [0.5, 0.6) is 0 Å². The number of nitrogens with one attached hydrogen (secondary N) is 1. The molecular weight excluding hydrogens is 370 g/mol. The van der Waals surface area contributed by atoms with Crippen molar-refractivity contribution in [3.05, 3.63) is 50.9 Å². The van der Waals surface area contributed by atoms with Crippen molar-refractivity contribution in [1.82, 2.24) is 9.78 Å². The van der Waals surface area contributed by atoms with Crippen molar-refractivity contribution in [2.24, 2.45) is 5.16 Å². The van der Waals surface area contributed by atoms with Crippen molar-refractivity contribution >= 4 is 21.3 Å². The molecule has 0 aliphatic carbocycles. The second-order valence-corrected chi connectivity index (χ2v) is 8.45. The fourth-order valence-electron chi connectivity index (χ4n) is 3.14. The van der Waals surface area contributed by atoms with Gasteiger partial charge in [-0.2, -0.15) is 0 Å². The molecule has 1 aromatic heterocycles. The minimum atomic E-state index is -3.52. The number of H-pyrrole nitrogens is 1. The van der Waals surface area contributed by atoms with Gasteiger partial charge in [0.15, 0.2) is 15.6 Å². The minimum Gasteiger partial charge on any atom is -0.395 e. The molecule has 0 bridgehead atoms. The lowest BCUT2D eigenvalue weighted by Crippen LogP contribution is -2.22. The van der Waals surface area contributed by atoms with Crippen molar-refractivity contribution in [1.29, 1.82) is 0 Å². The number of aromatic nitrogens is 2. The number of oxime groups is 1. The van der Waals surface area contributed by atoms with E-state index in [1.54, 1.807) is 20.8 Å². The van der Waals surface area contributed by atoms with Gasteiger partial charge in [0.1, 0.15) is 12.2 Å². The van der Waals surface area contributed by atoms with Gasteiger partial charge >= 0.3 is 0 Å². The van der Waals surface area contributed by atoms with E-state index in [1.165, 1.54) is 23.0 Å². The maximum absolute atomic E-state index is 13.0. The number of hydrogen-bond donors (Lipinski definition) is 1. The Labute approximate surface area is 156 Å². The van der Waals surface area contributed by atoms with E-state index in [2.05, 4.69) is 10.3 Å². The first kappa shape index (κ1) is 19.1. The van der Waals surface area contributed by atoms with Crippen LogP contribution in [0, 0.1) is 6.92 Å². The molecule has 0 amide bonds. The van der Waals surface area contributed by atoms with Crippen LogP contribution in [0.3, 0.4) is 0 Å². The lowest BCUT2D eigenvalue weighted by atomic mass is 9.93. The average molecular weight is 391 g/mol. The lowest BCUT2D eigenvalue weighted by molar-refractivity contribution is 0.103. The number of aryl methyl sites for hydroxylation is 1. The number of sulfone groups is 1. The molecule has 2 aromatic rings. The molecule has 9 heteroatoms. The third-order valence-corrected chi connectivity index (χ3v) is 6.45. The Morgan fingerprint density at radius 1 is 1.30 bits per heavy atom. The Balaban J connectivity index is 2.21. The number of carbonyl (C=O) groups is 1. The molecule has 0 saturated heterocycles. The molecule has 0 unspecified atom stereocenters. The monoisotopic (exact) mass is 391 g/mol. The molecule has 1 N–H and O–H groups in total. The molecule has 27 heavy (non-hydrogen) atoms. The zero-order chi connectivity index (χ0) is 19.8. The Kier molecular flexibility index (Phi) is 5.05. The molecule has 3 rings (SSSR count). The van der Waals surface area contributed by atoms with Gasteiger partial charge in [-0.05, 0) is 31.5 Å². The van der Waals surface area contributed by atoms with E-state index in [4.69, 9.17) is 4.84 Å². The highest BCUT2D eigenvalue weighted by Crippen LogP contribution is 2.28. The molecule has 1 aliphatic heterocycles. The van der Waals surface area contributed by atoms with Crippen molar-refractivity contribution in [2.45, 2.75) is 38.6 Å². The molecule has 0 fully saturated rings. The Morgan fingerprint density at radius 3 is 2.59 bits per heavy atom. The highest BCUT2D eigenvalue weighted by atomic mass is 32.2. The molecule has 8 nitrogen and oxygen atoms in total. The summed E-state index contributed by atoms with van der Waals surface area (Å²) >= 11 is 0. The summed E-state index contributed by atoms with van der Waals surface area (Å²) in [5.74, 6) is -0.526. The van der Waals surface area contributed by atoms with Gasteiger partial charge in [-0.3, -0.25) is 14.3 Å². The van der Waals surface area contributed by atoms with Crippen molar-refractivity contribution in [3.8, 4) is 0 Å². The fraction of sp³-hybridized carbons (Fsp3) is 0.389. The second-order valence-electron chi connectivity index (χ2n) is 6.20. The Hall–Kier alpha value is -2.68. The number of ketones is 1. The first-order chi connectivity index (χ1) is 12.8. The highest BCUT2D eigenvalue weighted by molar-refractivity contribution is 7.91. The summed E-state index contributed by atoms with van der Waals surface area (Å²) in [6.07, 6.45) is 1.83. The molecule has 0 spiro atoms. The van der Waals surface area contributed by atoms with E-state index in [-0.39, 0.29) is 21.8 Å². The van der Waals surface area contributed by atoms with Crippen LogP contribution in [-0.2, 0) is 21.2 Å². The van der Waals surface area contributed by atoms with E-state index < -0.39 is 21.2 Å². The molecular formula is C18H21N3O5S. The van der Waals surface area contributed by atoms with Gasteiger partial charge < -0.3 is 9.94 Å². The molecule has 2 heterocycles. The number of aromatic amines is 1. The summed E-state index contributed by atoms with van der Waals surface area (Å²) in [5.41, 5.74) is 1.24. The number of hydrogen-bond acceptors (Lipinski definition) is 6. The standard InChI is InChI=1S/C18H21N3O5S/c1-4-21-18(23)13(10-19-21)17(22)12-6-7-15(27(24,25)5-2)16(11(12)3)14-8-9-26-20-14/h6-7,10,19H,4-5,8-9H2,1-3H3. The van der Waals surface area contributed by atoms with Gasteiger partial charge in [0, 0.05) is 30.3 Å². The van der Waals surface area contributed by atoms with Gasteiger partial charge in [0.05, 0.1) is 16.4 Å². The third-order valence-electron chi connectivity index (χ3n) is 4.68. The van der Waals surface area contributed by atoms with Gasteiger partial charge in [-0.1, -0.05) is 12.1 Å². The van der Waals surface area contributed by atoms with E-state index in [0.717, 1.165) is 0 Å². The first-order valence-corrected chi connectivity index (χ1v) is 10.4. The van der Waals surface area contributed by atoms with Crippen LogP contribution in [0.25, 0.3) is 0 Å². The van der Waals surface area contributed by atoms with Crippen LogP contribution < -0.4 is 5.56 Å². The average Bonchev–Trinajstić information content (AvgIpc) is 3.30. The second kappa shape index (κ2) is 7.15. The minimum absolute atomic E-state index is 0.0154. The molecule has 1 aromatic carbocycles. The van der Waals surface area contributed by atoms with Gasteiger partial charge in [-0.15, -0.1) is 0 Å². The largest absolute Gasteiger partial charge is 0.395 e. The van der Waals surface area contributed by atoms with E-state index in [1.807, 2.05) is 0 Å². The Morgan fingerprint density at radius 2 is 2.04 bits per heavy atom. The predicted molar refractivity (Wildman–Crippen MR) is 100 cm³/mol. The number of nitrogens with zero attached hydrogens (tertiary/aromatic N) is 2. The van der Waals surface area contributed by atoms with Crippen LogP contribution in [0.4, 0.5) is 0 Å². The Bertz CT molecular complexity index is 1090. The summed E-state index contributed by atoms with van der Waals surface area (Å²) in [6, 6.07) is 2.88. The van der Waals surface area contributed by atoms with Crippen LogP contribution in [0.2, 0.25) is 0 Å². The van der Waals surface area contributed by atoms with Crippen molar-refractivity contribution < 1.29 is 18.0 Å².